The minimum absolute atomic E-state index is 0.224. The molecule has 0 unspecified atom stereocenters. The highest BCUT2D eigenvalue weighted by atomic mass is 35.5. The van der Waals surface area contributed by atoms with Crippen molar-refractivity contribution in [1.29, 1.82) is 0 Å². The van der Waals surface area contributed by atoms with Gasteiger partial charge in [0.15, 0.2) is 0 Å². The van der Waals surface area contributed by atoms with Gasteiger partial charge in [-0.15, -0.1) is 0 Å². The van der Waals surface area contributed by atoms with Crippen molar-refractivity contribution in [2.45, 2.75) is 38.6 Å². The highest BCUT2D eigenvalue weighted by Gasteiger charge is 2.20. The number of hydrogen-bond donors (Lipinski definition) is 2. The summed E-state index contributed by atoms with van der Waals surface area (Å²) in [6, 6.07) is 7.54. The molecule has 0 aliphatic heterocycles. The summed E-state index contributed by atoms with van der Waals surface area (Å²) >= 11 is 6.10. The van der Waals surface area contributed by atoms with Gasteiger partial charge in [0.2, 0.25) is 5.88 Å². The number of ether oxygens (including phenoxy) is 1. The molecule has 1 aromatic heterocycles. The molecule has 0 bridgehead atoms. The highest BCUT2D eigenvalue weighted by Crippen LogP contribution is 2.27. The van der Waals surface area contributed by atoms with E-state index in [1.54, 1.807) is 6.07 Å². The molecule has 2 N–H and O–H groups in total. The van der Waals surface area contributed by atoms with E-state index in [-0.39, 0.29) is 6.04 Å². The smallest absolute Gasteiger partial charge is 0.393 e. The molecular weight excluding hydrogens is 288 g/mol. The Balaban J connectivity index is 1.62. The van der Waals surface area contributed by atoms with Crippen LogP contribution in [0.25, 0.3) is 10.9 Å². The average Bonchev–Trinajstić information content (AvgIpc) is 2.85. The topological polar surface area (TPSA) is 54.1 Å². The van der Waals surface area contributed by atoms with Crippen LogP contribution in [0.2, 0.25) is 5.02 Å². The number of aromatic nitrogens is 1. The Morgan fingerprint density at radius 1 is 1.33 bits per heavy atom. The lowest BCUT2D eigenvalue weighted by atomic mass is 9.87. The Morgan fingerprint density at radius 3 is 2.81 bits per heavy atom. The molecule has 0 saturated heterocycles. The Labute approximate surface area is 128 Å². The molecule has 1 heterocycles. The number of benzene rings is 1. The molecule has 1 aromatic carbocycles. The fourth-order valence-corrected chi connectivity index (χ4v) is 3.08. The summed E-state index contributed by atoms with van der Waals surface area (Å²) in [5.74, 6) is 1.18. The molecule has 112 valence electrons. The predicted octanol–water partition coefficient (Wildman–Crippen LogP) is 4.49. The molecule has 0 spiro atoms. The summed E-state index contributed by atoms with van der Waals surface area (Å²) in [5, 5.41) is 4.43. The molecule has 1 aliphatic rings. The van der Waals surface area contributed by atoms with Gasteiger partial charge in [-0.05, 0) is 43.7 Å². The molecule has 3 rings (SSSR count). The first-order valence-electron chi connectivity index (χ1n) is 7.37. The number of aromatic amines is 1. The molecule has 0 radical (unpaired) electrons. The Bertz CT molecular complexity index is 645. The number of rotatable bonds is 2. The van der Waals surface area contributed by atoms with E-state index in [2.05, 4.69) is 17.2 Å². The standard InChI is InChI=1S/C16H19ClN2O2/c1-10-5-7-11(8-6-10)18-16(20)21-15-9-12-13(17)3-2-4-14(12)19-15/h2-4,9-11,19H,5-8H2,1H3,(H,18,20). The van der Waals surface area contributed by atoms with E-state index < -0.39 is 6.09 Å². The second-order valence-corrected chi connectivity index (χ2v) is 6.23. The molecule has 4 nitrogen and oxygen atoms in total. The van der Waals surface area contributed by atoms with Gasteiger partial charge in [0.1, 0.15) is 0 Å². The van der Waals surface area contributed by atoms with Crippen molar-refractivity contribution in [3.05, 3.63) is 29.3 Å². The third kappa shape index (κ3) is 3.32. The number of amides is 1. The molecule has 0 atom stereocenters. The SMILES string of the molecule is CC1CCC(NC(=O)Oc2cc3c(Cl)cccc3[nH]2)CC1. The second-order valence-electron chi connectivity index (χ2n) is 5.83. The van der Waals surface area contributed by atoms with Gasteiger partial charge in [-0.1, -0.05) is 24.6 Å². The van der Waals surface area contributed by atoms with E-state index in [0.717, 1.165) is 42.5 Å². The zero-order valence-corrected chi connectivity index (χ0v) is 12.7. The monoisotopic (exact) mass is 306 g/mol. The molecule has 2 aromatic rings. The number of halogens is 1. The van der Waals surface area contributed by atoms with E-state index in [9.17, 15) is 4.79 Å². The van der Waals surface area contributed by atoms with Crippen LogP contribution in [0.3, 0.4) is 0 Å². The quantitative estimate of drug-likeness (QED) is 0.859. The Morgan fingerprint density at radius 2 is 2.10 bits per heavy atom. The molecule has 5 heteroatoms. The fraction of sp³-hybridized carbons (Fsp3) is 0.438. The van der Waals surface area contributed by atoms with Gasteiger partial charge in [0.25, 0.3) is 0 Å². The van der Waals surface area contributed by atoms with Gasteiger partial charge < -0.3 is 15.0 Å². The summed E-state index contributed by atoms with van der Waals surface area (Å²) in [6.07, 6.45) is 3.96. The first kappa shape index (κ1) is 14.3. The van der Waals surface area contributed by atoms with Crippen molar-refractivity contribution in [3.8, 4) is 5.88 Å². The van der Waals surface area contributed by atoms with Crippen LogP contribution in [0.15, 0.2) is 24.3 Å². The molecule has 1 aliphatic carbocycles. The highest BCUT2D eigenvalue weighted by molar-refractivity contribution is 6.35. The van der Waals surface area contributed by atoms with Gasteiger partial charge in [-0.2, -0.15) is 0 Å². The van der Waals surface area contributed by atoms with Crippen molar-refractivity contribution in [1.82, 2.24) is 10.3 Å². The lowest BCUT2D eigenvalue weighted by Gasteiger charge is -2.26. The number of carbonyl (C=O) groups excluding carboxylic acids is 1. The lowest BCUT2D eigenvalue weighted by Crippen LogP contribution is -2.39. The first-order chi connectivity index (χ1) is 10.1. The van der Waals surface area contributed by atoms with Gasteiger partial charge >= 0.3 is 6.09 Å². The van der Waals surface area contributed by atoms with Crippen molar-refractivity contribution < 1.29 is 9.53 Å². The predicted molar refractivity (Wildman–Crippen MR) is 83.9 cm³/mol. The maximum atomic E-state index is 11.9. The summed E-state index contributed by atoms with van der Waals surface area (Å²) in [4.78, 5) is 15.0. The molecular formula is C16H19ClN2O2. The largest absolute Gasteiger partial charge is 0.414 e. The maximum absolute atomic E-state index is 11.9. The minimum atomic E-state index is -0.405. The fourth-order valence-electron chi connectivity index (χ4n) is 2.85. The van der Waals surface area contributed by atoms with E-state index in [1.807, 2.05) is 18.2 Å². The van der Waals surface area contributed by atoms with Crippen LogP contribution in [0.5, 0.6) is 5.88 Å². The average molecular weight is 307 g/mol. The van der Waals surface area contributed by atoms with Crippen molar-refractivity contribution >= 4 is 28.6 Å². The van der Waals surface area contributed by atoms with Crippen LogP contribution in [0.1, 0.15) is 32.6 Å². The first-order valence-corrected chi connectivity index (χ1v) is 7.75. The van der Waals surface area contributed by atoms with E-state index >= 15 is 0 Å². The summed E-state index contributed by atoms with van der Waals surface area (Å²) < 4.78 is 5.32. The zero-order chi connectivity index (χ0) is 14.8. The maximum Gasteiger partial charge on any atom is 0.414 e. The van der Waals surface area contributed by atoms with Crippen LogP contribution < -0.4 is 10.1 Å². The lowest BCUT2D eigenvalue weighted by molar-refractivity contribution is 0.187. The number of fused-ring (bicyclic) bond motifs is 1. The number of hydrogen-bond acceptors (Lipinski definition) is 2. The number of nitrogens with one attached hydrogen (secondary N) is 2. The molecule has 1 saturated carbocycles. The second kappa shape index (κ2) is 5.98. The van der Waals surface area contributed by atoms with Crippen molar-refractivity contribution in [2.75, 3.05) is 0 Å². The van der Waals surface area contributed by atoms with Crippen LogP contribution in [-0.4, -0.2) is 17.1 Å². The van der Waals surface area contributed by atoms with Crippen LogP contribution >= 0.6 is 11.6 Å². The van der Waals surface area contributed by atoms with E-state index in [1.165, 1.54) is 0 Å². The van der Waals surface area contributed by atoms with E-state index in [4.69, 9.17) is 16.3 Å². The Hall–Kier alpha value is -1.68. The van der Waals surface area contributed by atoms with Gasteiger partial charge in [-0.3, -0.25) is 0 Å². The number of H-pyrrole nitrogens is 1. The van der Waals surface area contributed by atoms with Gasteiger partial charge in [-0.25, -0.2) is 4.79 Å². The Kier molecular flexibility index (Phi) is 4.06. The normalized spacial score (nSPS) is 22.2. The summed E-state index contributed by atoms with van der Waals surface area (Å²) in [5.41, 5.74) is 0.858. The van der Waals surface area contributed by atoms with E-state index in [0.29, 0.717) is 10.9 Å². The van der Waals surface area contributed by atoms with Crippen molar-refractivity contribution in [3.63, 3.8) is 0 Å². The third-order valence-corrected chi connectivity index (χ3v) is 4.46. The van der Waals surface area contributed by atoms with Crippen molar-refractivity contribution in [2.24, 2.45) is 5.92 Å². The molecule has 1 fully saturated rings. The minimum Gasteiger partial charge on any atom is -0.393 e. The molecule has 21 heavy (non-hydrogen) atoms. The molecule has 1 amide bonds. The van der Waals surface area contributed by atoms with Crippen LogP contribution in [0, 0.1) is 5.92 Å². The van der Waals surface area contributed by atoms with Crippen LogP contribution in [0.4, 0.5) is 4.79 Å². The van der Waals surface area contributed by atoms with Gasteiger partial charge in [0.05, 0.1) is 5.02 Å². The zero-order valence-electron chi connectivity index (χ0n) is 12.0. The summed E-state index contributed by atoms with van der Waals surface area (Å²) in [7, 11) is 0. The third-order valence-electron chi connectivity index (χ3n) is 4.13. The van der Waals surface area contributed by atoms with Gasteiger partial charge in [0, 0.05) is 23.0 Å². The number of carbonyl (C=O) groups is 1. The summed E-state index contributed by atoms with van der Waals surface area (Å²) in [6.45, 7) is 2.25. The van der Waals surface area contributed by atoms with Crippen LogP contribution in [-0.2, 0) is 0 Å².